The number of carbonyl (C=O) groups is 4. The van der Waals surface area contributed by atoms with E-state index in [2.05, 4.69) is 174 Å². The zero-order chi connectivity index (χ0) is 74.6. The molecule has 0 aromatic carbocycles. The van der Waals surface area contributed by atoms with Gasteiger partial charge in [-0.1, -0.05) is 257 Å². The van der Waals surface area contributed by atoms with Gasteiger partial charge in [-0.15, -0.1) is 0 Å². The van der Waals surface area contributed by atoms with Crippen molar-refractivity contribution in [3.05, 3.63) is 146 Å². The minimum absolute atomic E-state index is 0.0628. The van der Waals surface area contributed by atoms with E-state index in [-0.39, 0.29) is 25.7 Å². The van der Waals surface area contributed by atoms with Gasteiger partial charge >= 0.3 is 39.5 Å². The number of hydrogen-bond acceptors (Lipinski definition) is 15. The third-order valence-corrected chi connectivity index (χ3v) is 17.7. The normalized spacial score (nSPS) is 14.7. The summed E-state index contributed by atoms with van der Waals surface area (Å²) >= 11 is 0. The standard InChI is InChI=1S/C83H138O17P2/c1-5-9-13-17-21-25-29-33-36-37-38-39-42-45-48-52-56-60-64-68-81(86)94-74-79(100-83(88)70-66-62-58-54-50-46-41-35-31-27-23-19-15-11-7-3)76-98-102(91,92)96-72-77(84)71-95-101(89,90)97-75-78(99-82(87)69-65-61-57-53-49-43-32-28-24-20-16-12-8-4)73-93-80(85)67-63-59-55-51-47-44-40-34-30-26-22-18-14-10-6-2/h9,11,13,15-16,20-23,25-28,32-36,38-41,45,48,77-79,84H,5-8,10,12,14,17-19,24,29-31,37,42-44,46-47,49-76H2,1-4H3,(H,89,90)(H,91,92)/b13-9-,15-11-,20-16-,25-21-,26-22-,27-23-,32-28-,36-33-,39-38-,40-34-,41-35-,48-45-. The molecule has 0 aliphatic carbocycles. The van der Waals surface area contributed by atoms with Gasteiger partial charge in [0.1, 0.15) is 19.3 Å². The topological polar surface area (TPSA) is 237 Å². The van der Waals surface area contributed by atoms with Crippen LogP contribution in [0.25, 0.3) is 0 Å². The molecule has 0 aromatic rings. The third-order valence-electron chi connectivity index (χ3n) is 15.7. The fourth-order valence-corrected chi connectivity index (χ4v) is 11.4. The van der Waals surface area contributed by atoms with E-state index in [4.69, 9.17) is 37.0 Å². The summed E-state index contributed by atoms with van der Waals surface area (Å²) in [5.41, 5.74) is 0. The van der Waals surface area contributed by atoms with Crippen molar-refractivity contribution in [3.8, 4) is 0 Å². The number of allylic oxidation sites excluding steroid dienone is 24. The summed E-state index contributed by atoms with van der Waals surface area (Å²) < 4.78 is 68.5. The molecular formula is C83H138O17P2. The summed E-state index contributed by atoms with van der Waals surface area (Å²) in [6.45, 7) is 4.46. The van der Waals surface area contributed by atoms with Crippen LogP contribution in [-0.2, 0) is 65.4 Å². The van der Waals surface area contributed by atoms with Crippen LogP contribution < -0.4 is 0 Å². The number of phosphoric ester groups is 2. The molecule has 0 aromatic heterocycles. The van der Waals surface area contributed by atoms with Gasteiger partial charge in [0, 0.05) is 25.7 Å². The SMILES string of the molecule is CC/C=C\C/C=C\C/C=C\C/C=C\C/C=C\CCCCCC(=O)OCC(COP(=O)(O)OCC(O)COP(=O)(O)OCC(COC(=O)CCCCCCC/C=C\C/C=C\CCCCC)OC(=O)CCCCCCC/C=C\C/C=C\CCC)OC(=O)CCCCCCC/C=C\C/C=C\C/C=C\CC. The number of unbranched alkanes of at least 4 members (excludes halogenated alkanes) is 22. The molecule has 3 N–H and O–H groups in total. The monoisotopic (exact) mass is 1470 g/mol. The molecule has 5 unspecified atom stereocenters. The van der Waals surface area contributed by atoms with Crippen LogP contribution in [0.5, 0.6) is 0 Å². The van der Waals surface area contributed by atoms with E-state index in [1.165, 1.54) is 19.3 Å². The van der Waals surface area contributed by atoms with Crippen LogP contribution in [-0.4, -0.2) is 96.7 Å². The van der Waals surface area contributed by atoms with Crippen LogP contribution in [0.4, 0.5) is 0 Å². The number of phosphoric acid groups is 2. The lowest BCUT2D eigenvalue weighted by Gasteiger charge is -2.21. The van der Waals surface area contributed by atoms with Gasteiger partial charge in [0.05, 0.1) is 26.4 Å². The fourth-order valence-electron chi connectivity index (χ4n) is 9.86. The van der Waals surface area contributed by atoms with Gasteiger partial charge in [-0.2, -0.15) is 0 Å². The Balaban J connectivity index is 5.42. The fraction of sp³-hybridized carbons (Fsp3) is 0.663. The number of carbonyl (C=O) groups excluding carboxylic acids is 4. The van der Waals surface area contributed by atoms with Crippen LogP contribution in [0, 0.1) is 0 Å². The molecule has 0 fully saturated rings. The highest BCUT2D eigenvalue weighted by Gasteiger charge is 2.30. The summed E-state index contributed by atoms with van der Waals surface area (Å²) in [7, 11) is -9.98. The van der Waals surface area contributed by atoms with E-state index >= 15 is 0 Å². The lowest BCUT2D eigenvalue weighted by molar-refractivity contribution is -0.161. The van der Waals surface area contributed by atoms with Gasteiger partial charge in [0.15, 0.2) is 12.2 Å². The van der Waals surface area contributed by atoms with Gasteiger partial charge in [-0.05, 0) is 161 Å². The highest BCUT2D eigenvalue weighted by atomic mass is 31.2. The van der Waals surface area contributed by atoms with Crippen LogP contribution in [0.3, 0.4) is 0 Å². The van der Waals surface area contributed by atoms with E-state index < -0.39 is 97.5 Å². The molecule has 0 spiro atoms. The van der Waals surface area contributed by atoms with Crippen LogP contribution in [0.1, 0.15) is 297 Å². The number of aliphatic hydroxyl groups excluding tert-OH is 1. The van der Waals surface area contributed by atoms with Crippen LogP contribution in [0.15, 0.2) is 146 Å². The molecule has 0 heterocycles. The minimum Gasteiger partial charge on any atom is -0.462 e. The molecule has 17 nitrogen and oxygen atoms in total. The highest BCUT2D eigenvalue weighted by Crippen LogP contribution is 2.45. The van der Waals surface area contributed by atoms with Gasteiger partial charge < -0.3 is 33.8 Å². The average molecular weight is 1470 g/mol. The maximum Gasteiger partial charge on any atom is 0.472 e. The lowest BCUT2D eigenvalue weighted by Crippen LogP contribution is -2.30. The number of esters is 4. The average Bonchev–Trinajstić information content (AvgIpc) is 0.924. The quantitative estimate of drug-likeness (QED) is 0.0169. The summed E-state index contributed by atoms with van der Waals surface area (Å²) in [5.74, 6) is -2.27. The largest absolute Gasteiger partial charge is 0.472 e. The molecule has 0 bridgehead atoms. The Kier molecular flexibility index (Phi) is 70.5. The van der Waals surface area contributed by atoms with Crippen molar-refractivity contribution in [3.63, 3.8) is 0 Å². The molecule has 0 radical (unpaired) electrons. The Morgan fingerprint density at radius 2 is 0.529 bits per heavy atom. The Hall–Kier alpha value is -5.06. The van der Waals surface area contributed by atoms with Crippen LogP contribution >= 0.6 is 15.6 Å². The van der Waals surface area contributed by atoms with E-state index in [9.17, 15) is 43.2 Å². The predicted octanol–water partition coefficient (Wildman–Crippen LogP) is 22.7. The summed E-state index contributed by atoms with van der Waals surface area (Å²) in [6.07, 6.45) is 84.0. The molecule has 0 amide bonds. The van der Waals surface area contributed by atoms with Gasteiger partial charge in [0.25, 0.3) is 0 Å². The van der Waals surface area contributed by atoms with Crippen LogP contribution in [0.2, 0.25) is 0 Å². The number of ether oxygens (including phenoxy) is 4. The van der Waals surface area contributed by atoms with E-state index in [0.717, 1.165) is 199 Å². The van der Waals surface area contributed by atoms with Crippen molar-refractivity contribution >= 4 is 39.5 Å². The molecular weight excluding hydrogens is 1330 g/mol. The first-order valence-corrected chi connectivity index (χ1v) is 42.1. The smallest absolute Gasteiger partial charge is 0.462 e. The third kappa shape index (κ3) is 73.3. The van der Waals surface area contributed by atoms with Crippen molar-refractivity contribution in [2.45, 2.75) is 316 Å². The lowest BCUT2D eigenvalue weighted by atomic mass is 10.1. The molecule has 5 atom stereocenters. The molecule has 0 aliphatic heterocycles. The Labute approximate surface area is 617 Å². The number of rotatable bonds is 72. The number of aliphatic hydroxyl groups is 1. The zero-order valence-electron chi connectivity index (χ0n) is 63.5. The van der Waals surface area contributed by atoms with Crippen molar-refractivity contribution in [2.24, 2.45) is 0 Å². The molecule has 102 heavy (non-hydrogen) atoms. The first-order chi connectivity index (χ1) is 49.7. The highest BCUT2D eigenvalue weighted by molar-refractivity contribution is 7.47. The Morgan fingerprint density at radius 1 is 0.284 bits per heavy atom. The summed E-state index contributed by atoms with van der Waals surface area (Å²) in [4.78, 5) is 72.9. The molecule has 0 saturated carbocycles. The second-order valence-corrected chi connectivity index (χ2v) is 28.4. The number of hydrogen-bond donors (Lipinski definition) is 3. The minimum atomic E-state index is -5.00. The maximum atomic E-state index is 13.1. The molecule has 19 heteroatoms. The Bertz CT molecular complexity index is 2510. The first kappa shape index (κ1) is 96.9. The van der Waals surface area contributed by atoms with E-state index in [1.54, 1.807) is 0 Å². The second kappa shape index (κ2) is 74.2. The summed E-state index contributed by atoms with van der Waals surface area (Å²) in [5, 5.41) is 10.6. The molecule has 0 saturated heterocycles. The molecule has 0 aliphatic rings. The zero-order valence-corrected chi connectivity index (χ0v) is 65.3. The van der Waals surface area contributed by atoms with Crippen molar-refractivity contribution in [1.82, 2.24) is 0 Å². The Morgan fingerprint density at radius 3 is 0.833 bits per heavy atom. The van der Waals surface area contributed by atoms with E-state index in [1.807, 2.05) is 0 Å². The predicted molar refractivity (Wildman–Crippen MR) is 417 cm³/mol. The van der Waals surface area contributed by atoms with E-state index in [0.29, 0.717) is 25.7 Å². The second-order valence-electron chi connectivity index (χ2n) is 25.5. The van der Waals surface area contributed by atoms with Crippen molar-refractivity contribution < 1.29 is 80.2 Å². The van der Waals surface area contributed by atoms with Gasteiger partial charge in [-0.25, -0.2) is 9.13 Å². The van der Waals surface area contributed by atoms with Crippen molar-refractivity contribution in [1.29, 1.82) is 0 Å². The van der Waals surface area contributed by atoms with Crippen molar-refractivity contribution in [2.75, 3.05) is 39.6 Å². The van der Waals surface area contributed by atoms with Gasteiger partial charge in [0.2, 0.25) is 0 Å². The maximum absolute atomic E-state index is 13.1. The first-order valence-electron chi connectivity index (χ1n) is 39.1. The molecule has 0 rings (SSSR count). The van der Waals surface area contributed by atoms with Gasteiger partial charge in [-0.3, -0.25) is 37.3 Å². The molecule has 582 valence electrons. The summed E-state index contributed by atoms with van der Waals surface area (Å²) in [6, 6.07) is 0.